The average Bonchev–Trinajstić information content (AvgIpc) is 1.73. The Bertz CT molecular complexity index is 238. The van der Waals surface area contributed by atoms with Crippen molar-refractivity contribution in [3.05, 3.63) is 0 Å². The molecule has 3 saturated carbocycles. The van der Waals surface area contributed by atoms with Gasteiger partial charge in [0.05, 0.1) is 12.2 Å². The lowest BCUT2D eigenvalue weighted by Crippen LogP contribution is -2.72. The van der Waals surface area contributed by atoms with Gasteiger partial charge in [-0.05, 0) is 35.5 Å². The van der Waals surface area contributed by atoms with Crippen LogP contribution in [0.15, 0.2) is 0 Å². The van der Waals surface area contributed by atoms with Gasteiger partial charge in [0.1, 0.15) is 0 Å². The number of rotatable bonds is 2. The monoisotopic (exact) mass is 210 g/mol. The van der Waals surface area contributed by atoms with Crippen LogP contribution in [0.4, 0.5) is 0 Å². The van der Waals surface area contributed by atoms with Gasteiger partial charge in [0.15, 0.2) is 0 Å². The molecule has 0 saturated heterocycles. The Kier molecular flexibility index (Phi) is 2.13. The van der Waals surface area contributed by atoms with Crippen molar-refractivity contribution in [1.82, 2.24) is 0 Å². The SMILES string of the molecule is CC(C)(C)COC12CC(C(C)(C)C)(C1)C2. The summed E-state index contributed by atoms with van der Waals surface area (Å²) in [4.78, 5) is 0. The van der Waals surface area contributed by atoms with Crippen LogP contribution in [-0.2, 0) is 4.74 Å². The van der Waals surface area contributed by atoms with E-state index in [1.807, 2.05) is 0 Å². The molecule has 0 N–H and O–H groups in total. The van der Waals surface area contributed by atoms with Crippen LogP contribution in [0.25, 0.3) is 0 Å². The second-order valence-corrected chi connectivity index (χ2v) is 8.09. The summed E-state index contributed by atoms with van der Waals surface area (Å²) in [6.45, 7) is 14.8. The van der Waals surface area contributed by atoms with Crippen LogP contribution in [0.2, 0.25) is 0 Å². The van der Waals surface area contributed by atoms with Gasteiger partial charge in [0, 0.05) is 0 Å². The van der Waals surface area contributed by atoms with Gasteiger partial charge in [-0.2, -0.15) is 0 Å². The third-order valence-corrected chi connectivity index (χ3v) is 4.38. The van der Waals surface area contributed by atoms with Crippen LogP contribution >= 0.6 is 0 Å². The summed E-state index contributed by atoms with van der Waals surface area (Å²) in [5, 5.41) is 0. The van der Waals surface area contributed by atoms with E-state index in [0.29, 0.717) is 21.8 Å². The minimum Gasteiger partial charge on any atom is -0.374 e. The van der Waals surface area contributed by atoms with E-state index in [4.69, 9.17) is 4.74 Å². The van der Waals surface area contributed by atoms with Crippen LogP contribution in [0.5, 0.6) is 0 Å². The third kappa shape index (κ3) is 1.73. The van der Waals surface area contributed by atoms with Gasteiger partial charge in [0.2, 0.25) is 0 Å². The number of ether oxygens (including phenoxy) is 1. The molecule has 2 bridgehead atoms. The molecule has 0 aromatic heterocycles. The molecule has 0 amide bonds. The summed E-state index contributed by atoms with van der Waals surface area (Å²) >= 11 is 0. The Morgan fingerprint density at radius 1 is 0.933 bits per heavy atom. The van der Waals surface area contributed by atoms with E-state index in [2.05, 4.69) is 41.5 Å². The van der Waals surface area contributed by atoms with Crippen LogP contribution in [0.3, 0.4) is 0 Å². The lowest BCUT2D eigenvalue weighted by Gasteiger charge is -2.75. The van der Waals surface area contributed by atoms with E-state index in [1.165, 1.54) is 19.3 Å². The van der Waals surface area contributed by atoms with Crippen molar-refractivity contribution in [3.63, 3.8) is 0 Å². The van der Waals surface area contributed by atoms with E-state index < -0.39 is 0 Å². The van der Waals surface area contributed by atoms with Crippen molar-refractivity contribution in [2.24, 2.45) is 16.2 Å². The Morgan fingerprint density at radius 2 is 1.40 bits per heavy atom. The van der Waals surface area contributed by atoms with Gasteiger partial charge >= 0.3 is 0 Å². The lowest BCUT2D eigenvalue weighted by molar-refractivity contribution is -0.326. The second-order valence-electron chi connectivity index (χ2n) is 8.09. The van der Waals surface area contributed by atoms with Crippen LogP contribution in [0, 0.1) is 16.2 Å². The molecule has 0 heterocycles. The molecule has 0 unspecified atom stereocenters. The molecule has 3 rings (SSSR count). The largest absolute Gasteiger partial charge is 0.374 e. The maximum atomic E-state index is 6.12. The second kappa shape index (κ2) is 2.80. The summed E-state index contributed by atoms with van der Waals surface area (Å²) in [6.07, 6.45) is 3.92. The van der Waals surface area contributed by atoms with Gasteiger partial charge < -0.3 is 4.74 Å². The van der Waals surface area contributed by atoms with Crippen molar-refractivity contribution < 1.29 is 4.74 Å². The standard InChI is InChI=1S/C14H26O/c1-11(2,3)10-15-14-7-13(8-14,9-14)12(4,5)6/h7-10H2,1-6H3. The Balaban J connectivity index is 1.84. The van der Waals surface area contributed by atoms with E-state index in [1.54, 1.807) is 0 Å². The maximum absolute atomic E-state index is 6.12. The van der Waals surface area contributed by atoms with E-state index >= 15 is 0 Å². The molecule has 0 aromatic carbocycles. The number of hydrogen-bond acceptors (Lipinski definition) is 1. The fraction of sp³-hybridized carbons (Fsp3) is 1.00. The molecule has 1 nitrogen and oxygen atoms in total. The molecule has 0 spiro atoms. The summed E-state index contributed by atoms with van der Waals surface area (Å²) in [5.41, 5.74) is 1.69. The molecule has 0 aromatic rings. The molecular formula is C14H26O. The highest BCUT2D eigenvalue weighted by Gasteiger charge is 2.72. The topological polar surface area (TPSA) is 9.23 Å². The Labute approximate surface area is 94.6 Å². The summed E-state index contributed by atoms with van der Waals surface area (Å²) in [6, 6.07) is 0. The van der Waals surface area contributed by atoms with Gasteiger partial charge in [-0.15, -0.1) is 0 Å². The van der Waals surface area contributed by atoms with Crippen molar-refractivity contribution in [2.75, 3.05) is 6.61 Å². The lowest BCUT2D eigenvalue weighted by atomic mass is 9.34. The van der Waals surface area contributed by atoms with Crippen molar-refractivity contribution in [1.29, 1.82) is 0 Å². The fourth-order valence-corrected chi connectivity index (χ4v) is 3.01. The third-order valence-electron chi connectivity index (χ3n) is 4.38. The predicted octanol–water partition coefficient (Wildman–Crippen LogP) is 4.02. The quantitative estimate of drug-likeness (QED) is 0.669. The van der Waals surface area contributed by atoms with Crippen molar-refractivity contribution in [2.45, 2.75) is 66.4 Å². The van der Waals surface area contributed by atoms with Gasteiger partial charge in [-0.25, -0.2) is 0 Å². The molecule has 0 atom stereocenters. The zero-order valence-corrected chi connectivity index (χ0v) is 11.2. The molecule has 0 aliphatic heterocycles. The predicted molar refractivity (Wildman–Crippen MR) is 63.9 cm³/mol. The highest BCUT2D eigenvalue weighted by Crippen LogP contribution is 2.75. The van der Waals surface area contributed by atoms with Gasteiger partial charge in [-0.3, -0.25) is 0 Å². The molecule has 0 radical (unpaired) electrons. The molecule has 3 fully saturated rings. The van der Waals surface area contributed by atoms with Crippen LogP contribution < -0.4 is 0 Å². The molecule has 3 aliphatic carbocycles. The van der Waals surface area contributed by atoms with Crippen LogP contribution in [-0.4, -0.2) is 12.2 Å². The van der Waals surface area contributed by atoms with E-state index in [-0.39, 0.29) is 0 Å². The smallest absolute Gasteiger partial charge is 0.0699 e. The van der Waals surface area contributed by atoms with Crippen LogP contribution in [0.1, 0.15) is 60.8 Å². The van der Waals surface area contributed by atoms with E-state index in [0.717, 1.165) is 6.61 Å². The molecule has 1 heteroatoms. The highest BCUT2D eigenvalue weighted by molar-refractivity contribution is 5.23. The first-order chi connectivity index (χ1) is 6.58. The maximum Gasteiger partial charge on any atom is 0.0699 e. The first kappa shape index (κ1) is 11.4. The summed E-state index contributed by atoms with van der Waals surface area (Å²) in [7, 11) is 0. The Hall–Kier alpha value is -0.0400. The normalized spacial score (nSPS) is 39.6. The molecular weight excluding hydrogens is 184 g/mol. The summed E-state index contributed by atoms with van der Waals surface area (Å²) in [5.74, 6) is 0. The molecule has 88 valence electrons. The zero-order chi connectivity index (χ0) is 11.5. The minimum absolute atomic E-state index is 0.292. The molecule has 3 aliphatic rings. The number of hydrogen-bond donors (Lipinski definition) is 0. The molecule has 15 heavy (non-hydrogen) atoms. The fourth-order valence-electron chi connectivity index (χ4n) is 3.01. The van der Waals surface area contributed by atoms with Gasteiger partial charge in [0.25, 0.3) is 0 Å². The minimum atomic E-state index is 0.292. The first-order valence-electron chi connectivity index (χ1n) is 6.22. The van der Waals surface area contributed by atoms with Gasteiger partial charge in [-0.1, -0.05) is 41.5 Å². The summed E-state index contributed by atoms with van der Waals surface area (Å²) < 4.78 is 6.12. The van der Waals surface area contributed by atoms with Crippen molar-refractivity contribution in [3.8, 4) is 0 Å². The first-order valence-corrected chi connectivity index (χ1v) is 6.22. The zero-order valence-electron chi connectivity index (χ0n) is 11.2. The van der Waals surface area contributed by atoms with Crippen molar-refractivity contribution >= 4 is 0 Å². The average molecular weight is 210 g/mol. The Morgan fingerprint density at radius 3 is 1.73 bits per heavy atom. The van der Waals surface area contributed by atoms with E-state index in [9.17, 15) is 0 Å². The highest BCUT2D eigenvalue weighted by atomic mass is 16.5.